The van der Waals surface area contributed by atoms with Crippen molar-refractivity contribution in [2.75, 3.05) is 31.7 Å². The number of nitrogens with zero attached hydrogens (tertiary/aromatic N) is 8. The lowest BCUT2D eigenvalue weighted by Gasteiger charge is -2.24. The second kappa shape index (κ2) is 21.9. The van der Waals surface area contributed by atoms with Crippen molar-refractivity contribution >= 4 is 77.9 Å². The van der Waals surface area contributed by atoms with Crippen LogP contribution in [0.2, 0.25) is 0 Å². The first-order valence-corrected chi connectivity index (χ1v) is 28.6. The Hall–Kier alpha value is -9.10. The molecular formula is C57H52N10O12S2. The molecule has 5 N–H and O–H groups in total. The molecule has 0 radical (unpaired) electrons. The third-order valence-electron chi connectivity index (χ3n) is 14.6. The zero-order valence-corrected chi connectivity index (χ0v) is 45.0. The molecule has 2 aromatic heterocycles. The summed E-state index contributed by atoms with van der Waals surface area (Å²) in [6, 6.07) is 38.9. The molecule has 0 aliphatic carbocycles. The first-order valence-electron chi connectivity index (χ1n) is 25.7. The number of nitrogen functional groups attached to an aromatic ring is 2. The van der Waals surface area contributed by atoms with Gasteiger partial charge in [0, 0.05) is 74.0 Å². The Bertz CT molecular complexity index is 4040. The van der Waals surface area contributed by atoms with Gasteiger partial charge in [-0.15, -0.1) is 0 Å². The standard InChI is InChI=1S/C29H27N5O6S.C28H25N5O6S/c1-39-29(36)40-25-11-6-14-34(25)41(37,38)24-10-5-4-9-21(24)18-12-13-23-22(15-18)26(32-28(30)31-23)27(35)33-16-19-7-2-3-8-20(19)17-33;29-27-30-22-12-11-17(14-21(22)25(31-27)26(34)32-15-18-6-1-2-7-19(18)16-32)20-8-3-4-9-23(20)40(37,38)33-13-5-10-24(33)39-28(35)36/h2-5,7-10,12-13,15,25H,6,11,14,16-17H2,1H3,(H2,30,31,32);1-4,6-9,11-12,14,24H,5,10,13,15-16H2,(H,35,36)(H2,29,30,31). The lowest BCUT2D eigenvalue weighted by atomic mass is 10.0. The van der Waals surface area contributed by atoms with Gasteiger partial charge in [-0.1, -0.05) is 97.1 Å². The molecule has 22 nitrogen and oxygen atoms in total. The summed E-state index contributed by atoms with van der Waals surface area (Å²) in [5, 5.41) is 9.98. The van der Waals surface area contributed by atoms with Gasteiger partial charge in [0.05, 0.1) is 27.9 Å². The Morgan fingerprint density at radius 2 is 0.914 bits per heavy atom. The van der Waals surface area contributed by atoms with Crippen molar-refractivity contribution in [2.24, 2.45) is 0 Å². The Kier molecular flexibility index (Phi) is 14.5. The zero-order chi connectivity index (χ0) is 56.7. The van der Waals surface area contributed by atoms with Gasteiger partial charge in [-0.2, -0.15) is 8.61 Å². The second-order valence-corrected chi connectivity index (χ2v) is 23.3. The van der Waals surface area contributed by atoms with E-state index in [1.54, 1.807) is 82.6 Å². The van der Waals surface area contributed by atoms with Crippen molar-refractivity contribution in [3.63, 3.8) is 0 Å². The summed E-state index contributed by atoms with van der Waals surface area (Å²) in [6.45, 7) is 2.11. The SMILES string of the molecule is COC(=O)OC1CCCN1S(=O)(=O)c1ccccc1-c1ccc2nc(N)nc(C(=O)N3Cc4ccccc4C3)c2c1.Nc1nc(C(=O)N2Cc3ccccc3C2)c2cc(-c3ccccc3S(=O)(=O)N3CCCC3OC(=O)O)ccc2n1. The third kappa shape index (κ3) is 10.5. The number of carbonyl (C=O) groups excluding carboxylic acids is 3. The maximum atomic E-state index is 13.9. The van der Waals surface area contributed by atoms with Crippen molar-refractivity contribution in [3.05, 3.63) is 167 Å². The van der Waals surface area contributed by atoms with E-state index in [9.17, 15) is 36.0 Å². The number of aromatic nitrogens is 4. The Labute approximate surface area is 464 Å². The molecule has 2 saturated heterocycles. The van der Waals surface area contributed by atoms with Crippen LogP contribution in [0.15, 0.2) is 143 Å². The van der Waals surface area contributed by atoms with E-state index in [-0.39, 0.29) is 64.4 Å². The number of sulfonamides is 2. The maximum absolute atomic E-state index is 13.9. The minimum absolute atomic E-state index is 0.00512. The maximum Gasteiger partial charge on any atom is 0.509 e. The number of rotatable bonds is 10. The Morgan fingerprint density at radius 1 is 0.531 bits per heavy atom. The smallest absolute Gasteiger partial charge is 0.450 e. The van der Waals surface area contributed by atoms with E-state index in [1.165, 1.54) is 23.5 Å². The Balaban J connectivity index is 0.000000170. The number of hydrogen-bond donors (Lipinski definition) is 3. The molecule has 6 aromatic carbocycles. The normalized spacial score (nSPS) is 17.1. The fourth-order valence-corrected chi connectivity index (χ4v) is 14.4. The van der Waals surface area contributed by atoms with Crippen LogP contribution in [0.25, 0.3) is 44.1 Å². The van der Waals surface area contributed by atoms with E-state index in [0.29, 0.717) is 89.5 Å². The average molecular weight is 1130 g/mol. The monoisotopic (exact) mass is 1130 g/mol. The van der Waals surface area contributed by atoms with Crippen LogP contribution in [-0.2, 0) is 60.4 Å². The van der Waals surface area contributed by atoms with Crippen molar-refractivity contribution in [3.8, 4) is 22.3 Å². The number of carbonyl (C=O) groups is 4. The van der Waals surface area contributed by atoms with Gasteiger partial charge in [-0.25, -0.2) is 46.4 Å². The molecule has 2 unspecified atom stereocenters. The number of carboxylic acid groups (broad SMARTS) is 1. The fourth-order valence-electron chi connectivity index (χ4n) is 10.8. The molecule has 2 amide bonds. The third-order valence-corrected chi connectivity index (χ3v) is 18.5. The highest BCUT2D eigenvalue weighted by Crippen LogP contribution is 2.38. The van der Waals surface area contributed by atoms with Crippen LogP contribution in [0.5, 0.6) is 0 Å². The molecule has 6 heterocycles. The van der Waals surface area contributed by atoms with E-state index < -0.39 is 44.8 Å². The molecule has 4 aliphatic rings. The van der Waals surface area contributed by atoms with E-state index in [1.807, 2.05) is 48.5 Å². The summed E-state index contributed by atoms with van der Waals surface area (Å²) in [7, 11) is -7.03. The van der Waals surface area contributed by atoms with Gasteiger partial charge in [0.15, 0.2) is 12.5 Å². The second-order valence-electron chi connectivity index (χ2n) is 19.6. The van der Waals surface area contributed by atoms with Crippen LogP contribution in [0.4, 0.5) is 21.5 Å². The zero-order valence-electron chi connectivity index (χ0n) is 43.4. The number of nitrogens with two attached hydrogens (primary N) is 2. The minimum Gasteiger partial charge on any atom is -0.450 e. The van der Waals surface area contributed by atoms with Gasteiger partial charge in [-0.05, 0) is 82.6 Å². The molecule has 0 spiro atoms. The highest BCUT2D eigenvalue weighted by Gasteiger charge is 2.41. The van der Waals surface area contributed by atoms with Gasteiger partial charge in [-0.3, -0.25) is 9.59 Å². The van der Waals surface area contributed by atoms with Crippen molar-refractivity contribution < 1.29 is 55.3 Å². The van der Waals surface area contributed by atoms with Gasteiger partial charge >= 0.3 is 12.3 Å². The van der Waals surface area contributed by atoms with Gasteiger partial charge in [0.2, 0.25) is 31.9 Å². The first kappa shape index (κ1) is 53.9. The number of ether oxygens (including phenoxy) is 3. The van der Waals surface area contributed by atoms with Crippen molar-refractivity contribution in [2.45, 2.75) is 74.1 Å². The summed E-state index contributed by atoms with van der Waals surface area (Å²) in [4.78, 5) is 70.9. The molecule has 2 atom stereocenters. The van der Waals surface area contributed by atoms with Gasteiger partial charge < -0.3 is 40.6 Å². The predicted octanol–water partition coefficient (Wildman–Crippen LogP) is 7.77. The molecule has 0 saturated carbocycles. The van der Waals surface area contributed by atoms with E-state index in [0.717, 1.165) is 26.6 Å². The molecule has 81 heavy (non-hydrogen) atoms. The van der Waals surface area contributed by atoms with Gasteiger partial charge in [0.25, 0.3) is 11.8 Å². The summed E-state index contributed by atoms with van der Waals surface area (Å²) >= 11 is 0. The van der Waals surface area contributed by atoms with Crippen LogP contribution in [0.1, 0.15) is 68.9 Å². The quantitative estimate of drug-likeness (QED) is 0.110. The van der Waals surface area contributed by atoms with E-state index in [2.05, 4.69) is 24.7 Å². The average Bonchev–Trinajstić information content (AvgIpc) is 4.43. The summed E-state index contributed by atoms with van der Waals surface area (Å²) in [5.41, 5.74) is 19.3. The van der Waals surface area contributed by atoms with Crippen molar-refractivity contribution in [1.29, 1.82) is 0 Å². The van der Waals surface area contributed by atoms with Crippen LogP contribution in [0.3, 0.4) is 0 Å². The fraction of sp³-hybridized carbons (Fsp3) is 0.228. The van der Waals surface area contributed by atoms with Crippen LogP contribution in [-0.4, -0.2) is 117 Å². The van der Waals surface area contributed by atoms with Crippen LogP contribution >= 0.6 is 0 Å². The lowest BCUT2D eigenvalue weighted by molar-refractivity contribution is 0.00580. The molecular weight excluding hydrogens is 1080 g/mol. The highest BCUT2D eigenvalue weighted by atomic mass is 32.2. The summed E-state index contributed by atoms with van der Waals surface area (Å²) < 4.78 is 72.1. The summed E-state index contributed by atoms with van der Waals surface area (Å²) in [6.07, 6.45) is -2.92. The van der Waals surface area contributed by atoms with Crippen LogP contribution in [0, 0.1) is 0 Å². The van der Waals surface area contributed by atoms with Gasteiger partial charge in [0.1, 0.15) is 11.4 Å². The number of methoxy groups -OCH3 is 1. The Morgan fingerprint density at radius 3 is 1.31 bits per heavy atom. The largest absolute Gasteiger partial charge is 0.509 e. The summed E-state index contributed by atoms with van der Waals surface area (Å²) in [5.74, 6) is -0.668. The number of amides is 2. The number of hydrogen-bond acceptors (Lipinski definition) is 17. The van der Waals surface area contributed by atoms with Crippen molar-refractivity contribution in [1.82, 2.24) is 38.3 Å². The molecule has 414 valence electrons. The molecule has 0 bridgehead atoms. The number of fused-ring (bicyclic) bond motifs is 4. The van der Waals surface area contributed by atoms with E-state index in [4.69, 9.17) is 26.0 Å². The number of benzene rings is 6. The molecule has 12 rings (SSSR count). The topological polar surface area (TPSA) is 301 Å². The lowest BCUT2D eigenvalue weighted by Crippen LogP contribution is -2.38. The van der Waals surface area contributed by atoms with Crippen LogP contribution < -0.4 is 11.5 Å². The first-order chi connectivity index (χ1) is 39.0. The highest BCUT2D eigenvalue weighted by molar-refractivity contribution is 7.89. The molecule has 24 heteroatoms. The predicted molar refractivity (Wildman–Crippen MR) is 295 cm³/mol. The molecule has 2 fully saturated rings. The minimum atomic E-state index is -4.12. The number of anilines is 2. The van der Waals surface area contributed by atoms with E-state index >= 15 is 0 Å². The molecule has 4 aliphatic heterocycles. The molecule has 8 aromatic rings.